The van der Waals surface area contributed by atoms with E-state index >= 15 is 0 Å². The predicted octanol–water partition coefficient (Wildman–Crippen LogP) is 7.86. The summed E-state index contributed by atoms with van der Waals surface area (Å²) in [4.78, 5) is 13.4. The standard InChI is InChI=1S/C30H32F9N5O3/c1-17-10-23-22(14-24(17)30(37,38)39)19(8-9-47-16-26(45)46)6-4-3-5-7-25(23)44(27-40-42-43(2)41-27)15-18-11-20(28(31,32)33)13-21(12-18)29(34,35)36/h10-14,19,25H,3-9,15-16H2,1-2H3,(H,45,46)/t19?,25-/m0/s1. The van der Waals surface area contributed by atoms with Crippen molar-refractivity contribution in [2.45, 2.75) is 82.5 Å². The number of aliphatic carboxylic acids is 1. The van der Waals surface area contributed by atoms with Crippen LogP contribution in [-0.4, -0.2) is 44.5 Å². The minimum Gasteiger partial charge on any atom is -0.480 e. The number of ether oxygens (including phenoxy) is 1. The molecule has 1 aliphatic rings. The molecule has 1 unspecified atom stereocenters. The lowest BCUT2D eigenvalue weighted by Gasteiger charge is -2.34. The Labute approximate surface area is 263 Å². The Kier molecular flexibility index (Phi) is 10.8. The maximum absolute atomic E-state index is 14.2. The average Bonchev–Trinajstić information content (AvgIpc) is 3.41. The number of alkyl halides is 9. The molecule has 4 rings (SSSR count). The zero-order valence-electron chi connectivity index (χ0n) is 25.3. The van der Waals surface area contributed by atoms with Crippen LogP contribution in [0.3, 0.4) is 0 Å². The van der Waals surface area contributed by atoms with E-state index in [1.807, 2.05) is 0 Å². The topological polar surface area (TPSA) is 93.4 Å². The van der Waals surface area contributed by atoms with Crippen LogP contribution in [0.2, 0.25) is 0 Å². The number of tetrazole rings is 1. The number of carbonyl (C=O) groups is 1. The highest BCUT2D eigenvalue weighted by Crippen LogP contribution is 2.44. The molecule has 0 bridgehead atoms. The number of carboxylic acids is 1. The number of halogens is 9. The van der Waals surface area contributed by atoms with Gasteiger partial charge in [-0.3, -0.25) is 0 Å². The van der Waals surface area contributed by atoms with Gasteiger partial charge in [-0.2, -0.15) is 44.3 Å². The van der Waals surface area contributed by atoms with Crippen molar-refractivity contribution < 1.29 is 54.2 Å². The van der Waals surface area contributed by atoms with Crippen LogP contribution >= 0.6 is 0 Å². The molecule has 8 nitrogen and oxygen atoms in total. The van der Waals surface area contributed by atoms with Crippen molar-refractivity contribution in [2.24, 2.45) is 7.05 Å². The van der Waals surface area contributed by atoms with Crippen molar-refractivity contribution in [1.29, 1.82) is 0 Å². The van der Waals surface area contributed by atoms with Crippen molar-refractivity contribution in [1.82, 2.24) is 20.2 Å². The number of hydrogen-bond donors (Lipinski definition) is 1. The summed E-state index contributed by atoms with van der Waals surface area (Å²) in [5.74, 6) is -1.90. The van der Waals surface area contributed by atoms with Crippen LogP contribution in [0.15, 0.2) is 30.3 Å². The summed E-state index contributed by atoms with van der Waals surface area (Å²) in [6.45, 7) is 0.0312. The molecular weight excluding hydrogens is 649 g/mol. The minimum absolute atomic E-state index is 0.0166. The summed E-state index contributed by atoms with van der Waals surface area (Å²) in [5.41, 5.74) is -3.80. The van der Waals surface area contributed by atoms with Crippen LogP contribution in [0.1, 0.15) is 89.4 Å². The number of anilines is 1. The normalized spacial score (nSPS) is 17.9. The number of nitrogens with zero attached hydrogens (tertiary/aromatic N) is 5. The lowest BCUT2D eigenvalue weighted by Crippen LogP contribution is -2.31. The van der Waals surface area contributed by atoms with Gasteiger partial charge in [0.2, 0.25) is 0 Å². The predicted molar refractivity (Wildman–Crippen MR) is 149 cm³/mol. The molecule has 0 fully saturated rings. The summed E-state index contributed by atoms with van der Waals surface area (Å²) in [6.07, 6.45) is -12.3. The fourth-order valence-corrected chi connectivity index (χ4v) is 5.94. The molecule has 1 aliphatic carbocycles. The number of benzene rings is 2. The first-order valence-corrected chi connectivity index (χ1v) is 14.6. The van der Waals surface area contributed by atoms with E-state index in [9.17, 15) is 44.3 Å². The Hall–Kier alpha value is -3.89. The van der Waals surface area contributed by atoms with E-state index in [2.05, 4.69) is 15.4 Å². The van der Waals surface area contributed by atoms with Crippen molar-refractivity contribution in [3.63, 3.8) is 0 Å². The van der Waals surface area contributed by atoms with Crippen LogP contribution in [0.5, 0.6) is 0 Å². The Balaban J connectivity index is 1.90. The van der Waals surface area contributed by atoms with Crippen LogP contribution in [-0.2, 0) is 41.7 Å². The number of aromatic nitrogens is 4. The van der Waals surface area contributed by atoms with E-state index < -0.39 is 66.3 Å². The average molecular weight is 682 g/mol. The molecule has 0 amide bonds. The molecule has 258 valence electrons. The lowest BCUT2D eigenvalue weighted by molar-refractivity contribution is -0.144. The largest absolute Gasteiger partial charge is 0.480 e. The van der Waals surface area contributed by atoms with Gasteiger partial charge in [-0.05, 0) is 83.8 Å². The summed E-state index contributed by atoms with van der Waals surface area (Å²) in [6, 6.07) is 2.68. The molecule has 17 heteroatoms. The molecule has 0 saturated heterocycles. The lowest BCUT2D eigenvalue weighted by atomic mass is 9.83. The first kappa shape index (κ1) is 36.0. The number of hydrogen-bond acceptors (Lipinski definition) is 6. The monoisotopic (exact) mass is 681 g/mol. The van der Waals surface area contributed by atoms with Gasteiger partial charge in [-0.1, -0.05) is 30.4 Å². The van der Waals surface area contributed by atoms with E-state index in [0.717, 1.165) is 10.9 Å². The molecule has 1 N–H and O–H groups in total. The quantitative estimate of drug-likeness (QED) is 0.182. The van der Waals surface area contributed by atoms with Crippen molar-refractivity contribution >= 4 is 11.9 Å². The van der Waals surface area contributed by atoms with E-state index in [4.69, 9.17) is 9.84 Å². The van der Waals surface area contributed by atoms with E-state index in [1.54, 1.807) is 0 Å². The summed E-state index contributed by atoms with van der Waals surface area (Å²) >= 11 is 0. The van der Waals surface area contributed by atoms with Crippen molar-refractivity contribution in [3.05, 3.63) is 69.3 Å². The van der Waals surface area contributed by atoms with Gasteiger partial charge in [0.1, 0.15) is 6.61 Å². The fraction of sp³-hybridized carbons (Fsp3) is 0.533. The van der Waals surface area contributed by atoms with Crippen LogP contribution in [0.25, 0.3) is 0 Å². The molecule has 0 aliphatic heterocycles. The van der Waals surface area contributed by atoms with Crippen LogP contribution < -0.4 is 4.90 Å². The first-order valence-electron chi connectivity index (χ1n) is 14.6. The summed E-state index contributed by atoms with van der Waals surface area (Å²) in [7, 11) is 1.41. The van der Waals surface area contributed by atoms with Crippen molar-refractivity contribution in [2.75, 3.05) is 18.1 Å². The maximum Gasteiger partial charge on any atom is 0.416 e. The second-order valence-corrected chi connectivity index (χ2v) is 11.5. The van der Waals surface area contributed by atoms with Gasteiger partial charge in [0.25, 0.3) is 5.95 Å². The highest BCUT2D eigenvalue weighted by atomic mass is 19.4. The van der Waals surface area contributed by atoms with Gasteiger partial charge >= 0.3 is 24.5 Å². The molecule has 2 atom stereocenters. The number of rotatable bonds is 9. The molecular formula is C30H32F9N5O3. The highest BCUT2D eigenvalue weighted by Gasteiger charge is 2.39. The molecule has 3 aromatic rings. The van der Waals surface area contributed by atoms with Gasteiger partial charge in [-0.25, -0.2) is 4.79 Å². The molecule has 0 saturated carbocycles. The fourth-order valence-electron chi connectivity index (χ4n) is 5.94. The van der Waals surface area contributed by atoms with Gasteiger partial charge in [0.05, 0.1) is 29.8 Å². The number of carboxylic acid groups (broad SMARTS) is 1. The van der Waals surface area contributed by atoms with Gasteiger partial charge in [0, 0.05) is 13.2 Å². The smallest absolute Gasteiger partial charge is 0.416 e. The highest BCUT2D eigenvalue weighted by molar-refractivity contribution is 5.68. The van der Waals surface area contributed by atoms with Gasteiger partial charge in [-0.15, -0.1) is 5.10 Å². The summed E-state index contributed by atoms with van der Waals surface area (Å²) in [5, 5.41) is 20.9. The van der Waals surface area contributed by atoms with Crippen molar-refractivity contribution in [3.8, 4) is 0 Å². The Morgan fingerprint density at radius 1 is 0.915 bits per heavy atom. The second-order valence-electron chi connectivity index (χ2n) is 11.5. The Bertz CT molecular complexity index is 1520. The van der Waals surface area contributed by atoms with E-state index in [-0.39, 0.29) is 48.2 Å². The van der Waals surface area contributed by atoms with E-state index in [1.165, 1.54) is 24.9 Å². The molecule has 2 aromatic carbocycles. The van der Waals surface area contributed by atoms with E-state index in [0.29, 0.717) is 43.4 Å². The van der Waals surface area contributed by atoms with Gasteiger partial charge in [0.15, 0.2) is 0 Å². The number of fused-ring (bicyclic) bond motifs is 1. The zero-order valence-corrected chi connectivity index (χ0v) is 25.3. The number of aryl methyl sites for hydroxylation is 2. The van der Waals surface area contributed by atoms with Gasteiger partial charge < -0.3 is 14.7 Å². The van der Waals surface area contributed by atoms with Crippen LogP contribution in [0, 0.1) is 6.92 Å². The first-order chi connectivity index (χ1) is 21.8. The third kappa shape index (κ3) is 9.14. The molecule has 0 radical (unpaired) electrons. The van der Waals surface area contributed by atoms with Crippen LogP contribution in [0.4, 0.5) is 45.5 Å². The maximum atomic E-state index is 14.2. The molecule has 1 aromatic heterocycles. The minimum atomic E-state index is -5.10. The summed E-state index contributed by atoms with van der Waals surface area (Å²) < 4.78 is 130. The second kappa shape index (κ2) is 14.1. The zero-order chi connectivity index (χ0) is 34.7. The molecule has 47 heavy (non-hydrogen) atoms. The molecule has 1 heterocycles. The Morgan fingerprint density at radius 3 is 2.11 bits per heavy atom. The third-order valence-corrected chi connectivity index (χ3v) is 8.03. The molecule has 0 spiro atoms. The Morgan fingerprint density at radius 2 is 1.55 bits per heavy atom. The third-order valence-electron chi connectivity index (χ3n) is 8.03. The SMILES string of the molecule is Cc1cc2c(cc1C(F)(F)F)C(CCOCC(=O)O)CCCCC[C@@H]2N(Cc1cc(C(F)(F)F)cc(C(F)(F)F)c1)c1nnn(C)n1.